The molecule has 0 aliphatic rings. The molecule has 0 saturated heterocycles. The van der Waals surface area contributed by atoms with Crippen LogP contribution in [-0.4, -0.2) is 17.2 Å². The van der Waals surface area contributed by atoms with Gasteiger partial charge in [-0.3, -0.25) is 0 Å². The minimum Gasteiger partial charge on any atom is -0.353 e. The van der Waals surface area contributed by atoms with Crippen LogP contribution in [-0.2, 0) is 6.54 Å². The highest BCUT2D eigenvalue weighted by molar-refractivity contribution is 6.34. The predicted molar refractivity (Wildman–Crippen MR) is 88.1 cm³/mol. The Bertz CT molecular complexity index is 772. The molecule has 1 aromatic heterocycles. The van der Waals surface area contributed by atoms with Crippen molar-refractivity contribution in [1.29, 1.82) is 0 Å². The van der Waals surface area contributed by atoms with Crippen molar-refractivity contribution < 1.29 is 0 Å². The fraction of sp³-hybridized carbons (Fsp3) is 0.125. The fourth-order valence-electron chi connectivity index (χ4n) is 2.28. The number of fused-ring (bicyclic) bond motifs is 1. The Labute approximate surface area is 133 Å². The van der Waals surface area contributed by atoms with E-state index in [0.29, 0.717) is 5.15 Å². The summed E-state index contributed by atoms with van der Waals surface area (Å²) in [5, 5.41) is 11.3. The minimum atomic E-state index is 0.425. The fourth-order valence-corrected chi connectivity index (χ4v) is 2.61. The van der Waals surface area contributed by atoms with Crippen molar-refractivity contribution in [1.82, 2.24) is 10.2 Å². The summed E-state index contributed by atoms with van der Waals surface area (Å²) in [7, 11) is 1.99. The van der Waals surface area contributed by atoms with Gasteiger partial charge in [-0.05, 0) is 17.7 Å². The van der Waals surface area contributed by atoms with Crippen LogP contribution in [0.1, 0.15) is 5.56 Å². The van der Waals surface area contributed by atoms with E-state index < -0.39 is 0 Å². The van der Waals surface area contributed by atoms with E-state index in [-0.39, 0.29) is 0 Å². The van der Waals surface area contributed by atoms with Gasteiger partial charge in [-0.2, -0.15) is 0 Å². The van der Waals surface area contributed by atoms with Crippen molar-refractivity contribution in [3.8, 4) is 0 Å². The van der Waals surface area contributed by atoms with E-state index >= 15 is 0 Å². The molecule has 3 rings (SSSR count). The summed E-state index contributed by atoms with van der Waals surface area (Å²) >= 11 is 12.0. The van der Waals surface area contributed by atoms with E-state index in [2.05, 4.69) is 15.1 Å². The standard InChI is InChI=1S/C16H13Cl2N3/c1-21(10-11-6-8-12(17)9-7-11)16-14-5-3-2-4-13(14)15(18)19-20-16/h2-9H,10H2,1H3. The van der Waals surface area contributed by atoms with Crippen molar-refractivity contribution in [2.45, 2.75) is 6.54 Å². The molecule has 0 aliphatic carbocycles. The third-order valence-corrected chi connectivity index (χ3v) is 3.85. The zero-order chi connectivity index (χ0) is 14.8. The summed E-state index contributed by atoms with van der Waals surface area (Å²) in [4.78, 5) is 2.05. The van der Waals surface area contributed by atoms with Gasteiger partial charge in [-0.25, -0.2) is 0 Å². The van der Waals surface area contributed by atoms with E-state index in [1.807, 2.05) is 55.6 Å². The van der Waals surface area contributed by atoms with Crippen molar-refractivity contribution >= 4 is 39.8 Å². The largest absolute Gasteiger partial charge is 0.353 e. The molecule has 0 saturated carbocycles. The van der Waals surface area contributed by atoms with E-state index in [4.69, 9.17) is 23.2 Å². The predicted octanol–water partition coefficient (Wildman–Crippen LogP) is 4.57. The van der Waals surface area contributed by atoms with Gasteiger partial charge >= 0.3 is 0 Å². The average molecular weight is 318 g/mol. The van der Waals surface area contributed by atoms with E-state index in [1.165, 1.54) is 0 Å². The molecule has 0 radical (unpaired) electrons. The zero-order valence-corrected chi connectivity index (χ0v) is 12.9. The van der Waals surface area contributed by atoms with Gasteiger partial charge in [0.25, 0.3) is 0 Å². The number of benzene rings is 2. The van der Waals surface area contributed by atoms with Crippen molar-refractivity contribution in [2.75, 3.05) is 11.9 Å². The number of anilines is 1. The first-order valence-electron chi connectivity index (χ1n) is 6.51. The Morgan fingerprint density at radius 3 is 2.29 bits per heavy atom. The smallest absolute Gasteiger partial charge is 0.159 e. The van der Waals surface area contributed by atoms with Crippen LogP contribution in [0.3, 0.4) is 0 Å². The molecule has 1 heterocycles. The van der Waals surface area contributed by atoms with Gasteiger partial charge in [0.2, 0.25) is 0 Å². The lowest BCUT2D eigenvalue weighted by Gasteiger charge is -2.19. The topological polar surface area (TPSA) is 29.0 Å². The molecule has 5 heteroatoms. The second-order valence-electron chi connectivity index (χ2n) is 4.84. The van der Waals surface area contributed by atoms with Crippen LogP contribution in [0.15, 0.2) is 48.5 Å². The highest BCUT2D eigenvalue weighted by Crippen LogP contribution is 2.28. The molecule has 0 bridgehead atoms. The molecule has 0 unspecified atom stereocenters. The molecule has 0 aliphatic heterocycles. The first-order valence-corrected chi connectivity index (χ1v) is 7.27. The normalized spacial score (nSPS) is 10.8. The summed E-state index contributed by atoms with van der Waals surface area (Å²) in [6.07, 6.45) is 0. The molecule has 3 aromatic rings. The van der Waals surface area contributed by atoms with Crippen LogP contribution in [0.5, 0.6) is 0 Å². The molecule has 106 valence electrons. The number of hydrogen-bond donors (Lipinski definition) is 0. The Balaban J connectivity index is 1.96. The number of halogens is 2. The molecule has 0 amide bonds. The van der Waals surface area contributed by atoms with Crippen LogP contribution in [0.25, 0.3) is 10.8 Å². The van der Waals surface area contributed by atoms with Gasteiger partial charge < -0.3 is 4.90 Å². The monoisotopic (exact) mass is 317 g/mol. The number of aromatic nitrogens is 2. The Morgan fingerprint density at radius 1 is 0.905 bits per heavy atom. The second-order valence-corrected chi connectivity index (χ2v) is 5.64. The van der Waals surface area contributed by atoms with Crippen molar-refractivity contribution in [3.63, 3.8) is 0 Å². The maximum atomic E-state index is 6.10. The van der Waals surface area contributed by atoms with Crippen molar-refractivity contribution in [3.05, 3.63) is 64.3 Å². The molecular formula is C16H13Cl2N3. The third-order valence-electron chi connectivity index (χ3n) is 3.32. The zero-order valence-electron chi connectivity index (χ0n) is 11.4. The molecule has 2 aromatic carbocycles. The maximum absolute atomic E-state index is 6.10. The summed E-state index contributed by atoms with van der Waals surface area (Å²) in [5.41, 5.74) is 1.16. The lowest BCUT2D eigenvalue weighted by atomic mass is 10.1. The van der Waals surface area contributed by atoms with Crippen LogP contribution in [0.2, 0.25) is 10.2 Å². The summed E-state index contributed by atoms with van der Waals surface area (Å²) < 4.78 is 0. The van der Waals surface area contributed by atoms with E-state index in [1.54, 1.807) is 0 Å². The third kappa shape index (κ3) is 2.94. The van der Waals surface area contributed by atoms with Gasteiger partial charge in [0.15, 0.2) is 11.0 Å². The lowest BCUT2D eigenvalue weighted by Crippen LogP contribution is -2.18. The minimum absolute atomic E-state index is 0.425. The van der Waals surface area contributed by atoms with Crippen LogP contribution >= 0.6 is 23.2 Å². The van der Waals surface area contributed by atoms with Crippen molar-refractivity contribution in [2.24, 2.45) is 0 Å². The van der Waals surface area contributed by atoms with Gasteiger partial charge in [0.05, 0.1) is 0 Å². The first kappa shape index (κ1) is 14.1. The second kappa shape index (κ2) is 5.88. The average Bonchev–Trinajstić information content (AvgIpc) is 2.50. The van der Waals surface area contributed by atoms with Crippen LogP contribution in [0, 0.1) is 0 Å². The quantitative estimate of drug-likeness (QED) is 0.708. The molecule has 21 heavy (non-hydrogen) atoms. The van der Waals surface area contributed by atoms with E-state index in [0.717, 1.165) is 33.7 Å². The van der Waals surface area contributed by atoms with Gasteiger partial charge in [-0.1, -0.05) is 59.6 Å². The molecule has 0 N–H and O–H groups in total. The van der Waals surface area contributed by atoms with Gasteiger partial charge in [-0.15, -0.1) is 10.2 Å². The van der Waals surface area contributed by atoms with Gasteiger partial charge in [0, 0.05) is 29.4 Å². The van der Waals surface area contributed by atoms with Crippen LogP contribution < -0.4 is 4.90 Å². The SMILES string of the molecule is CN(Cc1ccc(Cl)cc1)c1nnc(Cl)c2ccccc12. The Morgan fingerprint density at radius 2 is 1.57 bits per heavy atom. The molecule has 0 spiro atoms. The molecule has 0 atom stereocenters. The number of nitrogens with zero attached hydrogens (tertiary/aromatic N) is 3. The molecule has 3 nitrogen and oxygen atoms in total. The summed E-state index contributed by atoms with van der Waals surface area (Å²) in [5.74, 6) is 0.810. The Hall–Kier alpha value is -1.84. The first-order chi connectivity index (χ1) is 10.1. The van der Waals surface area contributed by atoms with Crippen LogP contribution in [0.4, 0.5) is 5.82 Å². The highest BCUT2D eigenvalue weighted by atomic mass is 35.5. The summed E-state index contributed by atoms with van der Waals surface area (Å²) in [6, 6.07) is 15.6. The number of rotatable bonds is 3. The highest BCUT2D eigenvalue weighted by Gasteiger charge is 2.11. The maximum Gasteiger partial charge on any atom is 0.159 e. The lowest BCUT2D eigenvalue weighted by molar-refractivity contribution is 0.876. The molecule has 0 fully saturated rings. The van der Waals surface area contributed by atoms with E-state index in [9.17, 15) is 0 Å². The summed E-state index contributed by atoms with van der Waals surface area (Å²) in [6.45, 7) is 0.720. The number of hydrogen-bond acceptors (Lipinski definition) is 3. The Kier molecular flexibility index (Phi) is 3.95. The molecular weight excluding hydrogens is 305 g/mol. The van der Waals surface area contributed by atoms with Gasteiger partial charge in [0.1, 0.15) is 0 Å².